The van der Waals surface area contributed by atoms with E-state index in [0.717, 1.165) is 19.6 Å². The van der Waals surface area contributed by atoms with Crippen molar-refractivity contribution in [2.24, 2.45) is 5.73 Å². The number of hydrogen-bond acceptors (Lipinski definition) is 4. The molecule has 2 aliphatic rings. The first kappa shape index (κ1) is 16.2. The van der Waals surface area contributed by atoms with Crippen LogP contribution in [0.4, 0.5) is 4.79 Å². The van der Waals surface area contributed by atoms with Crippen molar-refractivity contribution >= 4 is 11.9 Å². The number of unbranched alkanes of at least 4 members (excludes halogenated alkanes) is 2. The number of nitrogens with two attached hydrogens (primary N) is 1. The molecule has 0 aromatic carbocycles. The molecular weight excluding hydrogens is 268 g/mol. The van der Waals surface area contributed by atoms with Crippen molar-refractivity contribution in [1.29, 1.82) is 0 Å². The lowest BCUT2D eigenvalue weighted by molar-refractivity contribution is -0.134. The minimum Gasteiger partial charge on any atom is -0.328 e. The summed E-state index contributed by atoms with van der Waals surface area (Å²) in [7, 11) is 0. The van der Waals surface area contributed by atoms with E-state index < -0.39 is 5.54 Å². The molecule has 3 N–H and O–H groups in total. The molecular formula is C15H28N4O2. The van der Waals surface area contributed by atoms with Gasteiger partial charge in [-0.15, -0.1) is 0 Å². The monoisotopic (exact) mass is 296 g/mol. The Morgan fingerprint density at radius 3 is 2.52 bits per heavy atom. The highest BCUT2D eigenvalue weighted by Crippen LogP contribution is 2.30. The van der Waals surface area contributed by atoms with Crippen LogP contribution in [0.2, 0.25) is 0 Å². The second-order valence-corrected chi connectivity index (χ2v) is 6.32. The van der Waals surface area contributed by atoms with E-state index in [-0.39, 0.29) is 18.0 Å². The van der Waals surface area contributed by atoms with Crippen LogP contribution < -0.4 is 11.1 Å². The Hall–Kier alpha value is -1.14. The van der Waals surface area contributed by atoms with Gasteiger partial charge < -0.3 is 16.0 Å². The number of nitrogens with one attached hydrogen (secondary N) is 1. The Balaban J connectivity index is 1.94. The second-order valence-electron chi connectivity index (χ2n) is 6.32. The van der Waals surface area contributed by atoms with E-state index in [9.17, 15) is 9.59 Å². The maximum Gasteiger partial charge on any atom is 0.325 e. The van der Waals surface area contributed by atoms with Crippen LogP contribution in [0.15, 0.2) is 0 Å². The largest absolute Gasteiger partial charge is 0.328 e. The molecule has 2 rings (SSSR count). The highest BCUT2D eigenvalue weighted by Gasteiger charge is 2.53. The molecule has 0 aromatic heterocycles. The fourth-order valence-electron chi connectivity index (χ4n) is 3.23. The third-order valence-corrected chi connectivity index (χ3v) is 4.76. The number of amides is 3. The zero-order chi connectivity index (χ0) is 15.5. The van der Waals surface area contributed by atoms with Gasteiger partial charge in [0.25, 0.3) is 5.91 Å². The zero-order valence-corrected chi connectivity index (χ0v) is 13.2. The standard InChI is InChI=1S/C15H28N4O2/c1-3-4-5-8-18-9-6-15(7-10-18)13(20)19(12(2)11-16)14(21)17-15/h12H,3-11,16H2,1-2H3,(H,17,21). The van der Waals surface area contributed by atoms with Gasteiger partial charge in [0.15, 0.2) is 0 Å². The van der Waals surface area contributed by atoms with Crippen molar-refractivity contribution in [1.82, 2.24) is 15.1 Å². The van der Waals surface area contributed by atoms with Crippen molar-refractivity contribution in [2.45, 2.75) is 57.5 Å². The minimum atomic E-state index is -0.679. The third kappa shape index (κ3) is 3.21. The summed E-state index contributed by atoms with van der Waals surface area (Å²) in [4.78, 5) is 28.4. The summed E-state index contributed by atoms with van der Waals surface area (Å²) in [5.41, 5.74) is 4.92. The molecule has 3 amide bonds. The average Bonchev–Trinajstić information content (AvgIpc) is 2.72. The number of rotatable bonds is 6. The molecule has 1 spiro atoms. The number of urea groups is 1. The number of hydrogen-bond donors (Lipinski definition) is 2. The van der Waals surface area contributed by atoms with Crippen molar-refractivity contribution in [3.05, 3.63) is 0 Å². The minimum absolute atomic E-state index is 0.0846. The van der Waals surface area contributed by atoms with Gasteiger partial charge in [-0.05, 0) is 32.7 Å². The SMILES string of the molecule is CCCCCN1CCC2(CC1)NC(=O)N(C(C)CN)C2=O. The maximum atomic E-state index is 12.6. The number of likely N-dealkylation sites (tertiary alicyclic amines) is 1. The molecule has 120 valence electrons. The average molecular weight is 296 g/mol. The highest BCUT2D eigenvalue weighted by atomic mass is 16.2. The van der Waals surface area contributed by atoms with Gasteiger partial charge in [-0.2, -0.15) is 0 Å². The molecule has 0 aliphatic carbocycles. The maximum absolute atomic E-state index is 12.6. The van der Waals surface area contributed by atoms with Gasteiger partial charge in [0, 0.05) is 19.6 Å². The Morgan fingerprint density at radius 2 is 1.95 bits per heavy atom. The smallest absolute Gasteiger partial charge is 0.325 e. The van der Waals surface area contributed by atoms with Crippen LogP contribution in [0.3, 0.4) is 0 Å². The molecule has 2 fully saturated rings. The second kappa shape index (κ2) is 6.75. The fraction of sp³-hybridized carbons (Fsp3) is 0.867. The summed E-state index contributed by atoms with van der Waals surface area (Å²) >= 11 is 0. The number of carbonyl (C=O) groups is 2. The van der Waals surface area contributed by atoms with Crippen molar-refractivity contribution in [3.63, 3.8) is 0 Å². The molecule has 1 atom stereocenters. The van der Waals surface area contributed by atoms with E-state index in [1.807, 2.05) is 6.92 Å². The van der Waals surface area contributed by atoms with Gasteiger partial charge in [-0.3, -0.25) is 9.69 Å². The Morgan fingerprint density at radius 1 is 1.29 bits per heavy atom. The normalized spacial score (nSPS) is 23.7. The summed E-state index contributed by atoms with van der Waals surface area (Å²) in [5.74, 6) is -0.0846. The summed E-state index contributed by atoms with van der Waals surface area (Å²) in [6, 6.07) is -0.517. The van der Waals surface area contributed by atoms with Gasteiger partial charge in [0.05, 0.1) is 6.04 Å². The number of piperidine rings is 1. The fourth-order valence-corrected chi connectivity index (χ4v) is 3.23. The first-order valence-electron chi connectivity index (χ1n) is 8.12. The van der Waals surface area contributed by atoms with E-state index in [2.05, 4.69) is 17.1 Å². The molecule has 21 heavy (non-hydrogen) atoms. The first-order valence-corrected chi connectivity index (χ1v) is 8.12. The van der Waals surface area contributed by atoms with Gasteiger partial charge in [-0.1, -0.05) is 19.8 Å². The molecule has 0 radical (unpaired) electrons. The predicted octanol–water partition coefficient (Wildman–Crippen LogP) is 0.910. The molecule has 2 aliphatic heterocycles. The number of nitrogens with zero attached hydrogens (tertiary/aromatic N) is 2. The lowest BCUT2D eigenvalue weighted by Gasteiger charge is -2.37. The number of imide groups is 1. The van der Waals surface area contributed by atoms with E-state index in [1.54, 1.807) is 0 Å². The van der Waals surface area contributed by atoms with E-state index in [0.29, 0.717) is 19.4 Å². The topological polar surface area (TPSA) is 78.7 Å². The van der Waals surface area contributed by atoms with Crippen LogP contribution in [0.25, 0.3) is 0 Å². The molecule has 0 bridgehead atoms. The molecule has 1 unspecified atom stereocenters. The summed E-state index contributed by atoms with van der Waals surface area (Å²) < 4.78 is 0. The van der Waals surface area contributed by atoms with Crippen LogP contribution in [-0.2, 0) is 4.79 Å². The molecule has 6 nitrogen and oxygen atoms in total. The molecule has 0 saturated carbocycles. The van der Waals surface area contributed by atoms with E-state index >= 15 is 0 Å². The van der Waals surface area contributed by atoms with Gasteiger partial charge in [-0.25, -0.2) is 4.79 Å². The zero-order valence-electron chi connectivity index (χ0n) is 13.2. The quantitative estimate of drug-likeness (QED) is 0.564. The Bertz CT molecular complexity index is 391. The van der Waals surface area contributed by atoms with Crippen LogP contribution in [0.5, 0.6) is 0 Å². The van der Waals surface area contributed by atoms with Crippen molar-refractivity contribution in [3.8, 4) is 0 Å². The van der Waals surface area contributed by atoms with Gasteiger partial charge in [0.1, 0.15) is 5.54 Å². The van der Waals surface area contributed by atoms with Crippen LogP contribution in [-0.4, -0.2) is 59.5 Å². The molecule has 2 saturated heterocycles. The van der Waals surface area contributed by atoms with E-state index in [4.69, 9.17) is 5.73 Å². The molecule has 6 heteroatoms. The lowest BCUT2D eigenvalue weighted by Crippen LogP contribution is -2.55. The van der Waals surface area contributed by atoms with Gasteiger partial charge in [0.2, 0.25) is 0 Å². The van der Waals surface area contributed by atoms with Crippen LogP contribution in [0, 0.1) is 0 Å². The Labute approximate surface area is 127 Å². The van der Waals surface area contributed by atoms with Crippen molar-refractivity contribution < 1.29 is 9.59 Å². The van der Waals surface area contributed by atoms with Crippen LogP contribution >= 0.6 is 0 Å². The molecule has 0 aromatic rings. The summed E-state index contributed by atoms with van der Waals surface area (Å²) in [5, 5.41) is 2.93. The van der Waals surface area contributed by atoms with Crippen molar-refractivity contribution in [2.75, 3.05) is 26.2 Å². The Kier molecular flexibility index (Phi) is 5.22. The summed E-state index contributed by atoms with van der Waals surface area (Å²) in [6.45, 7) is 7.16. The predicted molar refractivity (Wildman–Crippen MR) is 81.8 cm³/mol. The number of carbonyl (C=O) groups excluding carboxylic acids is 2. The highest BCUT2D eigenvalue weighted by molar-refractivity contribution is 6.07. The molecule has 2 heterocycles. The summed E-state index contributed by atoms with van der Waals surface area (Å²) in [6.07, 6.45) is 5.09. The lowest BCUT2D eigenvalue weighted by atomic mass is 9.87. The van der Waals surface area contributed by atoms with Crippen LogP contribution in [0.1, 0.15) is 46.0 Å². The van der Waals surface area contributed by atoms with E-state index in [1.165, 1.54) is 24.2 Å². The first-order chi connectivity index (χ1) is 10.0. The van der Waals surface area contributed by atoms with Gasteiger partial charge >= 0.3 is 6.03 Å². The third-order valence-electron chi connectivity index (χ3n) is 4.76.